The van der Waals surface area contributed by atoms with E-state index in [-0.39, 0.29) is 42.7 Å². The lowest BCUT2D eigenvalue weighted by molar-refractivity contribution is -0.889. The van der Waals surface area contributed by atoms with E-state index in [1.165, 1.54) is 180 Å². The summed E-state index contributed by atoms with van der Waals surface area (Å²) in [6.45, 7) is 4.60. The van der Waals surface area contributed by atoms with Gasteiger partial charge in [0.05, 0.1) is 40.3 Å². The number of esters is 2. The minimum Gasteiger partial charge on any atom is -0.544 e. The van der Waals surface area contributed by atoms with Crippen molar-refractivity contribution >= 4 is 17.9 Å². The molecule has 0 radical (unpaired) electrons. The summed E-state index contributed by atoms with van der Waals surface area (Å²) < 4.78 is 17.3. The number of rotatable bonds is 51. The van der Waals surface area contributed by atoms with Gasteiger partial charge in [-0.2, -0.15) is 0 Å². The molecule has 386 valence electrons. The number of carbonyl (C=O) groups is 3. The van der Waals surface area contributed by atoms with E-state index in [1.807, 2.05) is 21.1 Å². The highest BCUT2D eigenvalue weighted by molar-refractivity contribution is 5.70. The lowest BCUT2D eigenvalue weighted by Crippen LogP contribution is -2.55. The van der Waals surface area contributed by atoms with Gasteiger partial charge in [0.15, 0.2) is 6.10 Å². The monoisotopic (exact) mass is 930 g/mol. The topological polar surface area (TPSA) is 102 Å². The summed E-state index contributed by atoms with van der Waals surface area (Å²) in [6.07, 6.45) is 59.0. The van der Waals surface area contributed by atoms with Gasteiger partial charge < -0.3 is 28.6 Å². The fourth-order valence-corrected chi connectivity index (χ4v) is 8.46. The van der Waals surface area contributed by atoms with Crippen LogP contribution in [0.2, 0.25) is 0 Å². The van der Waals surface area contributed by atoms with E-state index in [4.69, 9.17) is 14.2 Å². The molecule has 0 aliphatic heterocycles. The molecule has 0 aliphatic rings. The van der Waals surface area contributed by atoms with Gasteiger partial charge in [0.1, 0.15) is 12.6 Å². The SMILES string of the molecule is CC/C=C/C/C=C/CCCCCCCCCCCCCCCCC(=O)OC(COCCC(C(=O)[O-])[N+](C)(C)C)COC(=O)CCCCCCCCC/C=C/CCCCCCCCCCCC. The van der Waals surface area contributed by atoms with E-state index in [2.05, 4.69) is 50.3 Å². The molecule has 2 atom stereocenters. The zero-order chi connectivity index (χ0) is 48.4. The number of quaternary nitrogens is 1. The van der Waals surface area contributed by atoms with Crippen molar-refractivity contribution in [1.82, 2.24) is 0 Å². The smallest absolute Gasteiger partial charge is 0.306 e. The van der Waals surface area contributed by atoms with E-state index in [9.17, 15) is 19.5 Å². The van der Waals surface area contributed by atoms with Crippen LogP contribution in [0.15, 0.2) is 36.5 Å². The third kappa shape index (κ3) is 46.7. The van der Waals surface area contributed by atoms with Crippen LogP contribution in [-0.2, 0) is 28.6 Å². The Morgan fingerprint density at radius 1 is 0.470 bits per heavy atom. The van der Waals surface area contributed by atoms with Crippen molar-refractivity contribution < 1.29 is 38.2 Å². The second-order valence-corrected chi connectivity index (χ2v) is 20.1. The second-order valence-electron chi connectivity index (χ2n) is 20.1. The van der Waals surface area contributed by atoms with Crippen LogP contribution in [0.4, 0.5) is 0 Å². The molecule has 8 heteroatoms. The first-order valence-corrected chi connectivity index (χ1v) is 28.0. The Balaban J connectivity index is 4.17. The molecule has 0 bridgehead atoms. The second kappa shape index (κ2) is 49.0. The van der Waals surface area contributed by atoms with Crippen LogP contribution in [0.25, 0.3) is 0 Å². The number of nitrogens with zero attached hydrogens (tertiary/aromatic N) is 1. The van der Waals surface area contributed by atoms with Gasteiger partial charge >= 0.3 is 11.9 Å². The van der Waals surface area contributed by atoms with Crippen LogP contribution >= 0.6 is 0 Å². The molecule has 8 nitrogen and oxygen atoms in total. The molecule has 0 amide bonds. The third-order valence-electron chi connectivity index (χ3n) is 12.8. The van der Waals surface area contributed by atoms with Crippen molar-refractivity contribution in [3.05, 3.63) is 36.5 Å². The first-order chi connectivity index (χ1) is 32.1. The Morgan fingerprint density at radius 2 is 0.848 bits per heavy atom. The molecule has 0 aliphatic carbocycles. The van der Waals surface area contributed by atoms with Crippen molar-refractivity contribution in [3.8, 4) is 0 Å². The van der Waals surface area contributed by atoms with Gasteiger partial charge in [-0.3, -0.25) is 9.59 Å². The average molecular weight is 930 g/mol. The average Bonchev–Trinajstić information content (AvgIpc) is 3.28. The van der Waals surface area contributed by atoms with Crippen molar-refractivity contribution in [2.45, 2.75) is 276 Å². The van der Waals surface area contributed by atoms with Crippen molar-refractivity contribution in [2.75, 3.05) is 41.0 Å². The molecule has 0 heterocycles. The predicted molar refractivity (Wildman–Crippen MR) is 277 cm³/mol. The quantitative estimate of drug-likeness (QED) is 0.0259. The Morgan fingerprint density at radius 3 is 1.26 bits per heavy atom. The summed E-state index contributed by atoms with van der Waals surface area (Å²) in [7, 11) is 5.43. The molecular formula is C58H107NO7. The highest BCUT2D eigenvalue weighted by atomic mass is 16.6. The number of likely N-dealkylation sites (N-methyl/N-ethyl adjacent to an activating group) is 1. The Kier molecular flexibility index (Phi) is 47.2. The van der Waals surface area contributed by atoms with Crippen LogP contribution in [-0.4, -0.2) is 75.5 Å². The number of carbonyl (C=O) groups excluding carboxylic acids is 3. The van der Waals surface area contributed by atoms with Crippen LogP contribution in [0.5, 0.6) is 0 Å². The maximum atomic E-state index is 12.8. The number of unbranched alkanes of at least 4 members (excludes halogenated alkanes) is 31. The van der Waals surface area contributed by atoms with Gasteiger partial charge in [-0.05, 0) is 64.2 Å². The molecule has 0 aromatic carbocycles. The Labute approximate surface area is 408 Å². The van der Waals surface area contributed by atoms with E-state index < -0.39 is 18.1 Å². The summed E-state index contributed by atoms with van der Waals surface area (Å²) in [6, 6.07) is -0.726. The van der Waals surface area contributed by atoms with E-state index in [0.29, 0.717) is 12.8 Å². The van der Waals surface area contributed by atoms with Gasteiger partial charge in [-0.1, -0.05) is 217 Å². The Bertz CT molecular complexity index is 1170. The number of hydrogen-bond acceptors (Lipinski definition) is 7. The molecule has 0 rings (SSSR count). The van der Waals surface area contributed by atoms with Crippen LogP contribution < -0.4 is 5.11 Å². The standard InChI is InChI=1S/C58H107NO7/c1-6-8-10-12-14-16-18-20-22-24-26-28-30-32-34-36-38-40-42-44-46-48-56(60)65-53-54(52-64-51-50-55(58(62)63)59(3,4)5)66-57(61)49-47-45-43-41-39-37-35-33-31-29-27-25-23-21-19-17-15-13-11-9-7-2/h9,11,15,17,28,30,54-55H,6-8,10,12-14,16,18-27,29,31-53H2,1-5H3/b11-9+,17-15+,30-28+. The van der Waals surface area contributed by atoms with E-state index in [0.717, 1.165) is 51.4 Å². The third-order valence-corrected chi connectivity index (χ3v) is 12.8. The first kappa shape index (κ1) is 63.5. The summed E-state index contributed by atoms with van der Waals surface area (Å²) in [5.41, 5.74) is 0. The van der Waals surface area contributed by atoms with E-state index in [1.54, 1.807) is 0 Å². The molecule has 0 saturated heterocycles. The summed E-state index contributed by atoms with van der Waals surface area (Å²) in [4.78, 5) is 37.1. The normalized spacial score (nSPS) is 13.0. The number of ether oxygens (including phenoxy) is 3. The van der Waals surface area contributed by atoms with Crippen molar-refractivity contribution in [2.24, 2.45) is 0 Å². The van der Waals surface area contributed by atoms with Crippen LogP contribution in [0, 0.1) is 0 Å². The molecule has 0 aromatic heterocycles. The van der Waals surface area contributed by atoms with Crippen molar-refractivity contribution in [1.29, 1.82) is 0 Å². The van der Waals surface area contributed by atoms with E-state index >= 15 is 0 Å². The molecule has 0 spiro atoms. The molecule has 0 fully saturated rings. The summed E-state index contributed by atoms with van der Waals surface area (Å²) >= 11 is 0. The van der Waals surface area contributed by atoms with Gasteiger partial charge in [-0.25, -0.2) is 0 Å². The highest BCUT2D eigenvalue weighted by Crippen LogP contribution is 2.17. The lowest BCUT2D eigenvalue weighted by Gasteiger charge is -2.34. The fourth-order valence-electron chi connectivity index (χ4n) is 8.46. The highest BCUT2D eigenvalue weighted by Gasteiger charge is 2.25. The summed E-state index contributed by atoms with van der Waals surface area (Å²) in [5.74, 6) is -1.72. The first-order valence-electron chi connectivity index (χ1n) is 28.0. The lowest BCUT2D eigenvalue weighted by atomic mass is 10.0. The predicted octanol–water partition coefficient (Wildman–Crippen LogP) is 15.2. The van der Waals surface area contributed by atoms with Crippen molar-refractivity contribution in [3.63, 3.8) is 0 Å². The molecular weight excluding hydrogens is 823 g/mol. The molecule has 66 heavy (non-hydrogen) atoms. The maximum Gasteiger partial charge on any atom is 0.306 e. The number of allylic oxidation sites excluding steroid dienone is 6. The number of hydrogen-bond donors (Lipinski definition) is 0. The number of carboxylic acids is 1. The number of aliphatic carboxylic acids is 1. The molecule has 2 unspecified atom stereocenters. The van der Waals surface area contributed by atoms with Gasteiger partial charge in [0, 0.05) is 19.3 Å². The summed E-state index contributed by atoms with van der Waals surface area (Å²) in [5, 5.41) is 11.7. The zero-order valence-electron chi connectivity index (χ0n) is 44.1. The maximum absolute atomic E-state index is 12.8. The van der Waals surface area contributed by atoms with Gasteiger partial charge in [-0.15, -0.1) is 0 Å². The molecule has 0 saturated carbocycles. The molecule has 0 aromatic rings. The zero-order valence-corrected chi connectivity index (χ0v) is 44.1. The molecule has 0 N–H and O–H groups in total. The minimum absolute atomic E-state index is 0.0422. The fraction of sp³-hybridized carbons (Fsp3) is 0.845. The van der Waals surface area contributed by atoms with Gasteiger partial charge in [0.2, 0.25) is 0 Å². The number of carboxylic acid groups (broad SMARTS) is 1. The Hall–Kier alpha value is -2.45. The minimum atomic E-state index is -1.12. The van der Waals surface area contributed by atoms with Crippen LogP contribution in [0.3, 0.4) is 0 Å². The largest absolute Gasteiger partial charge is 0.544 e. The van der Waals surface area contributed by atoms with Crippen LogP contribution in [0.1, 0.15) is 264 Å². The van der Waals surface area contributed by atoms with Gasteiger partial charge in [0.25, 0.3) is 0 Å².